The molecule has 3 heterocycles. The van der Waals surface area contributed by atoms with Gasteiger partial charge < -0.3 is 19.1 Å². The third-order valence-electron chi connectivity index (χ3n) is 5.29. The largest absolute Gasteiger partial charge is 0.494 e. The van der Waals surface area contributed by atoms with Crippen LogP contribution in [0.5, 0.6) is 11.8 Å². The second kappa shape index (κ2) is 8.76. The highest BCUT2D eigenvalue weighted by Crippen LogP contribution is 2.29. The van der Waals surface area contributed by atoms with E-state index in [0.717, 1.165) is 15.9 Å². The van der Waals surface area contributed by atoms with E-state index in [2.05, 4.69) is 9.97 Å². The predicted octanol–water partition coefficient (Wildman–Crippen LogP) is 1.62. The van der Waals surface area contributed by atoms with E-state index in [0.29, 0.717) is 37.5 Å². The van der Waals surface area contributed by atoms with Crippen molar-refractivity contribution in [2.75, 3.05) is 40.0 Å². The fourth-order valence-corrected chi connectivity index (χ4v) is 3.56. The number of likely N-dealkylation sites (tertiary alicyclic amines) is 1. The van der Waals surface area contributed by atoms with Crippen LogP contribution in [-0.2, 0) is 11.8 Å². The van der Waals surface area contributed by atoms with Gasteiger partial charge in [-0.1, -0.05) is 12.1 Å². The highest BCUT2D eigenvalue weighted by atomic mass is 16.5. The summed E-state index contributed by atoms with van der Waals surface area (Å²) in [5.74, 6) is 1.05. The average Bonchev–Trinajstić information content (AvgIpc) is 2.99. The summed E-state index contributed by atoms with van der Waals surface area (Å²) < 4.78 is 18.2. The van der Waals surface area contributed by atoms with E-state index in [1.807, 2.05) is 31.2 Å². The molecular formula is C21H25N5O5. The minimum Gasteiger partial charge on any atom is -0.494 e. The van der Waals surface area contributed by atoms with E-state index in [9.17, 15) is 9.59 Å². The van der Waals surface area contributed by atoms with Crippen molar-refractivity contribution in [2.45, 2.75) is 12.8 Å². The lowest BCUT2D eigenvalue weighted by Gasteiger charge is -2.39. The van der Waals surface area contributed by atoms with Crippen LogP contribution in [0.4, 0.5) is 4.79 Å². The zero-order valence-electron chi connectivity index (χ0n) is 17.8. The molecule has 0 saturated carbocycles. The lowest BCUT2D eigenvalue weighted by molar-refractivity contribution is 0.141. The summed E-state index contributed by atoms with van der Waals surface area (Å²) >= 11 is 0. The summed E-state index contributed by atoms with van der Waals surface area (Å²) in [7, 11) is 3.14. The van der Waals surface area contributed by atoms with Gasteiger partial charge in [0.2, 0.25) is 0 Å². The Morgan fingerprint density at radius 2 is 1.90 bits per heavy atom. The summed E-state index contributed by atoms with van der Waals surface area (Å²) in [4.78, 5) is 35.8. The van der Waals surface area contributed by atoms with E-state index in [1.54, 1.807) is 19.1 Å². The van der Waals surface area contributed by atoms with Crippen LogP contribution in [0, 0.1) is 0 Å². The maximum Gasteiger partial charge on any atom is 0.338 e. The molecule has 0 aliphatic carbocycles. The van der Waals surface area contributed by atoms with Crippen LogP contribution in [0.2, 0.25) is 0 Å². The van der Waals surface area contributed by atoms with Crippen molar-refractivity contribution >= 4 is 17.2 Å². The molecule has 1 aliphatic rings. The van der Waals surface area contributed by atoms with Crippen LogP contribution in [0.25, 0.3) is 11.2 Å². The predicted molar refractivity (Wildman–Crippen MR) is 113 cm³/mol. The summed E-state index contributed by atoms with van der Waals surface area (Å²) in [5, 5.41) is 0. The Bertz CT molecular complexity index is 1130. The summed E-state index contributed by atoms with van der Waals surface area (Å²) in [6.45, 7) is 4.32. The van der Waals surface area contributed by atoms with Gasteiger partial charge in [-0.25, -0.2) is 19.1 Å². The lowest BCUT2D eigenvalue weighted by Crippen LogP contribution is -2.51. The third-order valence-corrected chi connectivity index (χ3v) is 5.29. The lowest BCUT2D eigenvalue weighted by atomic mass is 9.92. The Hall–Kier alpha value is -3.40. The molecule has 2 aromatic heterocycles. The SMILES string of the molecule is CCOc1ccc(C2CN(C(=O)n3c(=O)n(C)c4nc(OCCOC)ncc43)C2)cc1. The number of imidazole rings is 1. The number of nitrogens with zero attached hydrogens (tertiary/aromatic N) is 5. The van der Waals surface area contributed by atoms with E-state index < -0.39 is 5.69 Å². The first-order valence-corrected chi connectivity index (χ1v) is 10.1. The number of carbonyl (C=O) groups excluding carboxylic acids is 1. The highest BCUT2D eigenvalue weighted by molar-refractivity contribution is 5.88. The molecule has 164 valence electrons. The molecule has 0 N–H and O–H groups in total. The molecule has 1 saturated heterocycles. The van der Waals surface area contributed by atoms with Crippen LogP contribution in [0.3, 0.4) is 0 Å². The second-order valence-electron chi connectivity index (χ2n) is 7.27. The first-order valence-electron chi connectivity index (χ1n) is 10.1. The minimum absolute atomic E-state index is 0.129. The Balaban J connectivity index is 1.49. The molecular weight excluding hydrogens is 402 g/mol. The Morgan fingerprint density at radius 3 is 2.58 bits per heavy atom. The van der Waals surface area contributed by atoms with Gasteiger partial charge in [0.15, 0.2) is 5.65 Å². The van der Waals surface area contributed by atoms with Crippen LogP contribution in [-0.4, -0.2) is 70.1 Å². The maximum absolute atomic E-state index is 13.0. The molecule has 10 heteroatoms. The number of hydrogen-bond donors (Lipinski definition) is 0. The normalized spacial score (nSPS) is 14.0. The monoisotopic (exact) mass is 427 g/mol. The maximum atomic E-state index is 13.0. The number of rotatable bonds is 7. The van der Waals surface area contributed by atoms with Gasteiger partial charge in [-0.15, -0.1) is 0 Å². The molecule has 0 bridgehead atoms. The number of methoxy groups -OCH3 is 1. The molecule has 10 nitrogen and oxygen atoms in total. The molecule has 1 aromatic carbocycles. The summed E-state index contributed by atoms with van der Waals surface area (Å²) in [6, 6.07) is 7.64. The Labute approximate surface area is 179 Å². The van der Waals surface area contributed by atoms with Crippen molar-refractivity contribution in [3.63, 3.8) is 0 Å². The van der Waals surface area contributed by atoms with E-state index in [4.69, 9.17) is 14.2 Å². The second-order valence-corrected chi connectivity index (χ2v) is 7.27. The van der Waals surface area contributed by atoms with Gasteiger partial charge >= 0.3 is 17.7 Å². The van der Waals surface area contributed by atoms with Gasteiger partial charge in [-0.05, 0) is 24.6 Å². The Kier molecular flexibility index (Phi) is 5.90. The quantitative estimate of drug-likeness (QED) is 0.528. The minimum atomic E-state index is -0.465. The van der Waals surface area contributed by atoms with Crippen molar-refractivity contribution in [1.29, 1.82) is 0 Å². The molecule has 4 rings (SSSR count). The number of amides is 1. The number of carbonyl (C=O) groups is 1. The molecule has 3 aromatic rings. The van der Waals surface area contributed by atoms with Gasteiger partial charge in [0.25, 0.3) is 0 Å². The van der Waals surface area contributed by atoms with Crippen LogP contribution >= 0.6 is 0 Å². The topological polar surface area (TPSA) is 101 Å². The van der Waals surface area contributed by atoms with Gasteiger partial charge in [0.1, 0.15) is 17.9 Å². The molecule has 1 aliphatic heterocycles. The van der Waals surface area contributed by atoms with Crippen molar-refractivity contribution in [3.05, 3.63) is 46.5 Å². The van der Waals surface area contributed by atoms with Crippen LogP contribution in [0.1, 0.15) is 18.4 Å². The van der Waals surface area contributed by atoms with Crippen LogP contribution < -0.4 is 15.2 Å². The molecule has 0 spiro atoms. The van der Waals surface area contributed by atoms with Crippen LogP contribution in [0.15, 0.2) is 35.3 Å². The molecule has 1 fully saturated rings. The third kappa shape index (κ3) is 3.98. The Morgan fingerprint density at radius 1 is 1.16 bits per heavy atom. The number of fused-ring (bicyclic) bond motifs is 1. The van der Waals surface area contributed by atoms with Crippen molar-refractivity contribution in [1.82, 2.24) is 24.0 Å². The van der Waals surface area contributed by atoms with Crippen molar-refractivity contribution in [2.24, 2.45) is 7.05 Å². The van der Waals surface area contributed by atoms with Gasteiger partial charge in [0, 0.05) is 33.2 Å². The van der Waals surface area contributed by atoms with Gasteiger partial charge in [-0.2, -0.15) is 4.98 Å². The molecule has 1 amide bonds. The smallest absolute Gasteiger partial charge is 0.338 e. The average molecular weight is 427 g/mol. The van der Waals surface area contributed by atoms with Crippen molar-refractivity contribution in [3.8, 4) is 11.8 Å². The fraction of sp³-hybridized carbons (Fsp3) is 0.429. The fourth-order valence-electron chi connectivity index (χ4n) is 3.56. The van der Waals surface area contributed by atoms with E-state index >= 15 is 0 Å². The molecule has 31 heavy (non-hydrogen) atoms. The van der Waals surface area contributed by atoms with Gasteiger partial charge in [0.05, 0.1) is 19.4 Å². The zero-order chi connectivity index (χ0) is 22.0. The molecule has 0 atom stereocenters. The number of aromatic nitrogens is 4. The summed E-state index contributed by atoms with van der Waals surface area (Å²) in [6.07, 6.45) is 1.44. The van der Waals surface area contributed by atoms with E-state index in [1.165, 1.54) is 10.8 Å². The standard InChI is InChI=1S/C21H25N5O5/c1-4-30-16-7-5-14(6-8-16)15-12-25(13-15)21(28)26-17-11-22-19(31-10-9-29-3)23-18(17)24(2)20(26)27/h5-8,11,15H,4,9-10,12-13H2,1-3H3. The van der Waals surface area contributed by atoms with Gasteiger partial charge in [-0.3, -0.25) is 4.57 Å². The first kappa shape index (κ1) is 20.9. The summed E-state index contributed by atoms with van der Waals surface area (Å²) in [5.41, 5.74) is 1.36. The molecule has 0 unspecified atom stereocenters. The highest BCUT2D eigenvalue weighted by Gasteiger charge is 2.34. The number of benzene rings is 1. The first-order chi connectivity index (χ1) is 15.0. The van der Waals surface area contributed by atoms with E-state index in [-0.39, 0.29) is 24.6 Å². The number of ether oxygens (including phenoxy) is 3. The molecule has 0 radical (unpaired) electrons. The number of hydrogen-bond acceptors (Lipinski definition) is 7. The number of aryl methyl sites for hydroxylation is 1. The van der Waals surface area contributed by atoms with Crippen molar-refractivity contribution < 1.29 is 19.0 Å². The zero-order valence-corrected chi connectivity index (χ0v) is 17.8.